The van der Waals surface area contributed by atoms with Crippen LogP contribution in [0, 0.1) is 0 Å². The van der Waals surface area contributed by atoms with Crippen molar-refractivity contribution in [3.05, 3.63) is 42.2 Å². The number of allylic oxidation sites excluding steroid dienone is 1. The molecule has 0 aliphatic heterocycles. The summed E-state index contributed by atoms with van der Waals surface area (Å²) in [5.41, 5.74) is 1.00. The van der Waals surface area contributed by atoms with Gasteiger partial charge in [0.1, 0.15) is 0 Å². The number of pyridine rings is 1. The first kappa shape index (κ1) is 10.4. The normalized spacial score (nSPS) is 12.7. The minimum atomic E-state index is -0.0798. The predicted octanol–water partition coefficient (Wildman–Crippen LogP) is 1.83. The maximum absolute atomic E-state index is 11.2. The van der Waals surface area contributed by atoms with Crippen LogP contribution in [0.25, 0.3) is 0 Å². The Morgan fingerprint density at radius 3 is 3.00 bits per heavy atom. The van der Waals surface area contributed by atoms with E-state index in [1.54, 1.807) is 18.5 Å². The average Bonchev–Trinajstić information content (AvgIpc) is 2.19. The van der Waals surface area contributed by atoms with Crippen LogP contribution in [-0.4, -0.2) is 10.9 Å². The monoisotopic (exact) mass is 190 g/mol. The molecule has 0 bridgehead atoms. The summed E-state index contributed by atoms with van der Waals surface area (Å²) in [7, 11) is 0. The molecule has 3 nitrogen and oxygen atoms in total. The summed E-state index contributed by atoms with van der Waals surface area (Å²) in [6.07, 6.45) is 6.68. The third kappa shape index (κ3) is 3.01. The van der Waals surface area contributed by atoms with Crippen molar-refractivity contribution in [1.82, 2.24) is 10.3 Å². The molecule has 0 saturated heterocycles. The first-order valence-electron chi connectivity index (χ1n) is 4.57. The van der Waals surface area contributed by atoms with E-state index in [-0.39, 0.29) is 11.9 Å². The lowest BCUT2D eigenvalue weighted by molar-refractivity contribution is -0.117. The molecule has 1 rings (SSSR count). The van der Waals surface area contributed by atoms with E-state index in [9.17, 15) is 4.79 Å². The summed E-state index contributed by atoms with van der Waals surface area (Å²) in [5, 5.41) is 2.83. The van der Waals surface area contributed by atoms with Crippen LogP contribution in [0.2, 0.25) is 0 Å². The maximum Gasteiger partial charge on any atom is 0.244 e. The molecule has 1 aromatic rings. The molecule has 0 spiro atoms. The Morgan fingerprint density at radius 1 is 1.64 bits per heavy atom. The van der Waals surface area contributed by atoms with Crippen LogP contribution in [0.15, 0.2) is 36.7 Å². The van der Waals surface area contributed by atoms with E-state index in [0.717, 1.165) is 5.56 Å². The van der Waals surface area contributed by atoms with Gasteiger partial charge in [-0.1, -0.05) is 12.1 Å². The summed E-state index contributed by atoms with van der Waals surface area (Å²) < 4.78 is 0. The number of rotatable bonds is 3. The standard InChI is InChI=1S/C11H14N2O/c1-3-5-11(14)13-9(2)10-6-4-7-12-8-10/h3-9H,1-2H3,(H,13,14). The van der Waals surface area contributed by atoms with Gasteiger partial charge in [-0.25, -0.2) is 0 Å². The number of carbonyl (C=O) groups is 1. The van der Waals surface area contributed by atoms with Crippen LogP contribution in [0.5, 0.6) is 0 Å². The van der Waals surface area contributed by atoms with Crippen molar-refractivity contribution < 1.29 is 4.79 Å². The van der Waals surface area contributed by atoms with Gasteiger partial charge in [0.2, 0.25) is 5.91 Å². The summed E-state index contributed by atoms with van der Waals surface area (Å²) in [5.74, 6) is -0.0798. The van der Waals surface area contributed by atoms with Gasteiger partial charge in [0, 0.05) is 12.4 Å². The van der Waals surface area contributed by atoms with Gasteiger partial charge in [0.15, 0.2) is 0 Å². The molecule has 1 N–H and O–H groups in total. The molecular formula is C11H14N2O. The van der Waals surface area contributed by atoms with Crippen LogP contribution >= 0.6 is 0 Å². The van der Waals surface area contributed by atoms with Gasteiger partial charge in [-0.05, 0) is 31.6 Å². The van der Waals surface area contributed by atoms with Crippen LogP contribution in [0.4, 0.5) is 0 Å². The minimum absolute atomic E-state index is 0.00704. The number of amides is 1. The van der Waals surface area contributed by atoms with Crippen molar-refractivity contribution >= 4 is 5.91 Å². The van der Waals surface area contributed by atoms with Crippen LogP contribution in [0.1, 0.15) is 25.5 Å². The Labute approximate surface area is 83.9 Å². The predicted molar refractivity (Wildman–Crippen MR) is 55.6 cm³/mol. The molecule has 1 atom stereocenters. The third-order valence-electron chi connectivity index (χ3n) is 1.86. The SMILES string of the molecule is CC=CC(=O)NC(C)c1cccnc1. The first-order chi connectivity index (χ1) is 6.74. The quantitative estimate of drug-likeness (QED) is 0.739. The zero-order valence-corrected chi connectivity index (χ0v) is 8.40. The molecule has 0 fully saturated rings. The Morgan fingerprint density at radius 2 is 2.43 bits per heavy atom. The van der Waals surface area contributed by atoms with Gasteiger partial charge >= 0.3 is 0 Å². The Bertz CT molecular complexity index is 319. The zero-order chi connectivity index (χ0) is 10.4. The third-order valence-corrected chi connectivity index (χ3v) is 1.86. The fourth-order valence-electron chi connectivity index (χ4n) is 1.13. The van der Waals surface area contributed by atoms with Crippen molar-refractivity contribution in [3.63, 3.8) is 0 Å². The largest absolute Gasteiger partial charge is 0.346 e. The lowest BCUT2D eigenvalue weighted by Gasteiger charge is -2.11. The van der Waals surface area contributed by atoms with Crippen LogP contribution in [0.3, 0.4) is 0 Å². The summed E-state index contributed by atoms with van der Waals surface area (Å²) in [6, 6.07) is 3.79. The molecule has 1 unspecified atom stereocenters. The van der Waals surface area contributed by atoms with Crippen LogP contribution in [-0.2, 0) is 4.79 Å². The molecular weight excluding hydrogens is 176 g/mol. The van der Waals surface area contributed by atoms with Crippen molar-refractivity contribution in [1.29, 1.82) is 0 Å². The molecule has 0 aliphatic carbocycles. The topological polar surface area (TPSA) is 42.0 Å². The molecule has 1 amide bonds. The van der Waals surface area contributed by atoms with E-state index in [1.165, 1.54) is 6.08 Å². The number of hydrogen-bond acceptors (Lipinski definition) is 2. The van der Waals surface area contributed by atoms with Gasteiger partial charge in [0.05, 0.1) is 6.04 Å². The van der Waals surface area contributed by atoms with E-state index in [1.807, 2.05) is 26.0 Å². The van der Waals surface area contributed by atoms with E-state index >= 15 is 0 Å². The van der Waals surface area contributed by atoms with Crippen LogP contribution < -0.4 is 5.32 Å². The smallest absolute Gasteiger partial charge is 0.244 e. The molecule has 0 aliphatic rings. The number of hydrogen-bond donors (Lipinski definition) is 1. The second-order valence-electron chi connectivity index (χ2n) is 3.02. The Hall–Kier alpha value is -1.64. The van der Waals surface area contributed by atoms with E-state index in [4.69, 9.17) is 0 Å². The fraction of sp³-hybridized carbons (Fsp3) is 0.273. The Balaban J connectivity index is 2.59. The lowest BCUT2D eigenvalue weighted by Crippen LogP contribution is -2.24. The number of aromatic nitrogens is 1. The van der Waals surface area contributed by atoms with Gasteiger partial charge in [-0.3, -0.25) is 9.78 Å². The summed E-state index contributed by atoms with van der Waals surface area (Å²) >= 11 is 0. The number of carbonyl (C=O) groups excluding carboxylic acids is 1. The van der Waals surface area contributed by atoms with E-state index in [2.05, 4.69) is 10.3 Å². The second-order valence-corrected chi connectivity index (χ2v) is 3.02. The molecule has 74 valence electrons. The van der Waals surface area contributed by atoms with Gasteiger partial charge < -0.3 is 5.32 Å². The molecule has 0 radical (unpaired) electrons. The average molecular weight is 190 g/mol. The highest BCUT2D eigenvalue weighted by molar-refractivity contribution is 5.87. The molecule has 1 heterocycles. The maximum atomic E-state index is 11.2. The highest BCUT2D eigenvalue weighted by atomic mass is 16.1. The zero-order valence-electron chi connectivity index (χ0n) is 8.40. The second kappa shape index (κ2) is 5.17. The van der Waals surface area contributed by atoms with E-state index in [0.29, 0.717) is 0 Å². The minimum Gasteiger partial charge on any atom is -0.346 e. The van der Waals surface area contributed by atoms with E-state index < -0.39 is 0 Å². The molecule has 14 heavy (non-hydrogen) atoms. The van der Waals surface area contributed by atoms with Gasteiger partial charge in [0.25, 0.3) is 0 Å². The number of nitrogens with one attached hydrogen (secondary N) is 1. The molecule has 3 heteroatoms. The van der Waals surface area contributed by atoms with Crippen molar-refractivity contribution in [3.8, 4) is 0 Å². The highest BCUT2D eigenvalue weighted by Crippen LogP contribution is 2.09. The molecule has 1 aromatic heterocycles. The fourth-order valence-corrected chi connectivity index (χ4v) is 1.13. The first-order valence-corrected chi connectivity index (χ1v) is 4.57. The summed E-state index contributed by atoms with van der Waals surface area (Å²) in [4.78, 5) is 15.2. The van der Waals surface area contributed by atoms with Crippen molar-refractivity contribution in [2.75, 3.05) is 0 Å². The Kier molecular flexibility index (Phi) is 3.85. The molecule has 0 saturated carbocycles. The van der Waals surface area contributed by atoms with Gasteiger partial charge in [-0.2, -0.15) is 0 Å². The van der Waals surface area contributed by atoms with Crippen molar-refractivity contribution in [2.24, 2.45) is 0 Å². The number of nitrogens with zero attached hydrogens (tertiary/aromatic N) is 1. The highest BCUT2D eigenvalue weighted by Gasteiger charge is 2.06. The lowest BCUT2D eigenvalue weighted by atomic mass is 10.1. The van der Waals surface area contributed by atoms with Gasteiger partial charge in [-0.15, -0.1) is 0 Å². The molecule has 0 aromatic carbocycles. The summed E-state index contributed by atoms with van der Waals surface area (Å²) in [6.45, 7) is 3.74. The van der Waals surface area contributed by atoms with Crippen molar-refractivity contribution in [2.45, 2.75) is 19.9 Å².